The van der Waals surface area contributed by atoms with Gasteiger partial charge in [-0.25, -0.2) is 0 Å². The maximum Gasteiger partial charge on any atom is 0.254 e. The van der Waals surface area contributed by atoms with Gasteiger partial charge in [0.2, 0.25) is 0 Å². The lowest BCUT2D eigenvalue weighted by atomic mass is 10.1. The van der Waals surface area contributed by atoms with Crippen LogP contribution in [-0.2, 0) is 0 Å². The van der Waals surface area contributed by atoms with Crippen LogP contribution in [0.5, 0.6) is 11.5 Å². The van der Waals surface area contributed by atoms with Crippen LogP contribution in [0, 0.1) is 0 Å². The lowest BCUT2D eigenvalue weighted by Crippen LogP contribution is -2.34. The Morgan fingerprint density at radius 2 is 2.00 bits per heavy atom. The number of amides is 1. The third-order valence-corrected chi connectivity index (χ3v) is 3.87. The highest BCUT2D eigenvalue weighted by Gasteiger charge is 2.19. The molecule has 1 N–H and O–H groups in total. The number of ether oxygens (including phenoxy) is 2. The minimum atomic E-state index is 0. The average Bonchev–Trinajstić information content (AvgIpc) is 2.85. The molecule has 1 aromatic rings. The van der Waals surface area contributed by atoms with Gasteiger partial charge in [-0.3, -0.25) is 4.79 Å². The molecule has 1 amide bonds. The van der Waals surface area contributed by atoms with E-state index in [0.29, 0.717) is 24.5 Å². The normalized spacial score (nSPS) is 14.5. The first-order chi connectivity index (χ1) is 11.3. The summed E-state index contributed by atoms with van der Waals surface area (Å²) in [7, 11) is 0. The van der Waals surface area contributed by atoms with Crippen LogP contribution in [0.25, 0.3) is 0 Å². The van der Waals surface area contributed by atoms with E-state index in [1.54, 1.807) is 0 Å². The Bertz CT molecular complexity index is 503. The predicted octanol–water partition coefficient (Wildman–Crippen LogP) is 3.12. The summed E-state index contributed by atoms with van der Waals surface area (Å²) < 4.78 is 11.4. The molecule has 5 nitrogen and oxygen atoms in total. The van der Waals surface area contributed by atoms with Crippen molar-refractivity contribution in [3.8, 4) is 11.5 Å². The van der Waals surface area contributed by atoms with Gasteiger partial charge in [0.1, 0.15) is 0 Å². The fraction of sp³-hybridized carbons (Fsp3) is 0.611. The van der Waals surface area contributed by atoms with Crippen LogP contribution in [0.4, 0.5) is 0 Å². The first kappa shape index (κ1) is 20.6. The number of unbranched alkanes of at least 4 members (excludes halogenated alkanes) is 1. The van der Waals surface area contributed by atoms with Crippen LogP contribution in [0.2, 0.25) is 0 Å². The van der Waals surface area contributed by atoms with Crippen molar-refractivity contribution < 1.29 is 14.3 Å². The molecule has 0 bridgehead atoms. The van der Waals surface area contributed by atoms with Crippen LogP contribution in [-0.4, -0.2) is 50.2 Å². The number of rotatable bonds is 7. The molecular formula is C18H29ClN2O3. The minimum absolute atomic E-state index is 0. The van der Waals surface area contributed by atoms with Crippen molar-refractivity contribution in [2.75, 3.05) is 39.4 Å². The topological polar surface area (TPSA) is 50.8 Å². The number of hydrogen-bond acceptors (Lipinski definition) is 4. The number of carbonyl (C=O) groups is 1. The van der Waals surface area contributed by atoms with E-state index < -0.39 is 0 Å². The number of hydrogen-bond donors (Lipinski definition) is 1. The van der Waals surface area contributed by atoms with Gasteiger partial charge < -0.3 is 19.7 Å². The quantitative estimate of drug-likeness (QED) is 0.763. The standard InChI is InChI=1S/C18H28N2O3.ClH/c1-3-5-13-23-16-8-7-15(14-17(16)22-4-2)18(21)20-11-6-9-19-10-12-20;/h7-8,14,19H,3-6,9-13H2,1-2H3;1H. The molecule has 0 aromatic heterocycles. The number of nitrogens with one attached hydrogen (secondary N) is 1. The fourth-order valence-corrected chi connectivity index (χ4v) is 2.59. The van der Waals surface area contributed by atoms with Gasteiger partial charge in [-0.1, -0.05) is 13.3 Å². The van der Waals surface area contributed by atoms with Gasteiger partial charge in [-0.15, -0.1) is 12.4 Å². The zero-order chi connectivity index (χ0) is 16.5. The molecule has 1 heterocycles. The highest BCUT2D eigenvalue weighted by atomic mass is 35.5. The Morgan fingerprint density at radius 1 is 1.17 bits per heavy atom. The molecule has 1 aromatic carbocycles. The Labute approximate surface area is 151 Å². The van der Waals surface area contributed by atoms with Crippen molar-refractivity contribution in [1.29, 1.82) is 0 Å². The summed E-state index contributed by atoms with van der Waals surface area (Å²) in [6.45, 7) is 8.65. The molecule has 24 heavy (non-hydrogen) atoms. The molecule has 1 aliphatic heterocycles. The largest absolute Gasteiger partial charge is 0.490 e. The second kappa shape index (κ2) is 11.2. The number of carbonyl (C=O) groups excluding carboxylic acids is 1. The number of nitrogens with zero attached hydrogens (tertiary/aromatic N) is 1. The summed E-state index contributed by atoms with van der Waals surface area (Å²) in [5, 5.41) is 3.31. The molecule has 0 spiro atoms. The van der Waals surface area contributed by atoms with Crippen LogP contribution >= 0.6 is 12.4 Å². The summed E-state index contributed by atoms with van der Waals surface area (Å²) >= 11 is 0. The third kappa shape index (κ3) is 5.87. The molecule has 1 saturated heterocycles. The molecule has 136 valence electrons. The van der Waals surface area contributed by atoms with E-state index in [4.69, 9.17) is 9.47 Å². The van der Waals surface area contributed by atoms with Gasteiger partial charge in [-0.05, 0) is 44.5 Å². The van der Waals surface area contributed by atoms with Gasteiger partial charge >= 0.3 is 0 Å². The summed E-state index contributed by atoms with van der Waals surface area (Å²) in [5.41, 5.74) is 0.665. The Morgan fingerprint density at radius 3 is 2.75 bits per heavy atom. The summed E-state index contributed by atoms with van der Waals surface area (Å²) in [6.07, 6.45) is 3.08. The highest BCUT2D eigenvalue weighted by Crippen LogP contribution is 2.29. The Balaban J connectivity index is 0.00000288. The number of halogens is 1. The average molecular weight is 357 g/mol. The molecule has 0 radical (unpaired) electrons. The van der Waals surface area contributed by atoms with E-state index >= 15 is 0 Å². The molecule has 2 rings (SSSR count). The summed E-state index contributed by atoms with van der Waals surface area (Å²) in [6, 6.07) is 5.50. The van der Waals surface area contributed by atoms with Crippen molar-refractivity contribution in [3.05, 3.63) is 23.8 Å². The molecular weight excluding hydrogens is 328 g/mol. The van der Waals surface area contributed by atoms with Gasteiger partial charge in [-0.2, -0.15) is 0 Å². The summed E-state index contributed by atoms with van der Waals surface area (Å²) in [5.74, 6) is 1.44. The zero-order valence-electron chi connectivity index (χ0n) is 14.7. The molecule has 0 aliphatic carbocycles. The SMILES string of the molecule is CCCCOc1ccc(C(=O)N2CCCNCC2)cc1OCC.Cl. The van der Waals surface area contributed by atoms with Crippen LogP contribution in [0.1, 0.15) is 43.5 Å². The molecule has 0 unspecified atom stereocenters. The second-order valence-corrected chi connectivity index (χ2v) is 5.69. The van der Waals surface area contributed by atoms with Crippen LogP contribution in [0.15, 0.2) is 18.2 Å². The lowest BCUT2D eigenvalue weighted by Gasteiger charge is -2.21. The molecule has 0 saturated carbocycles. The zero-order valence-corrected chi connectivity index (χ0v) is 15.5. The maximum atomic E-state index is 12.7. The van der Waals surface area contributed by atoms with E-state index in [1.165, 1.54) is 0 Å². The second-order valence-electron chi connectivity index (χ2n) is 5.69. The molecule has 6 heteroatoms. The minimum Gasteiger partial charge on any atom is -0.490 e. The maximum absolute atomic E-state index is 12.7. The van der Waals surface area contributed by atoms with E-state index in [-0.39, 0.29) is 18.3 Å². The van der Waals surface area contributed by atoms with Crippen molar-refractivity contribution in [2.24, 2.45) is 0 Å². The first-order valence-electron chi connectivity index (χ1n) is 8.66. The van der Waals surface area contributed by atoms with E-state index in [2.05, 4.69) is 12.2 Å². The van der Waals surface area contributed by atoms with Crippen molar-refractivity contribution >= 4 is 18.3 Å². The van der Waals surface area contributed by atoms with Crippen molar-refractivity contribution in [3.63, 3.8) is 0 Å². The molecule has 1 aliphatic rings. The molecule has 0 atom stereocenters. The Hall–Kier alpha value is -1.46. The van der Waals surface area contributed by atoms with Gasteiger partial charge in [0.15, 0.2) is 11.5 Å². The number of benzene rings is 1. The van der Waals surface area contributed by atoms with Gasteiger partial charge in [0, 0.05) is 25.2 Å². The summed E-state index contributed by atoms with van der Waals surface area (Å²) in [4.78, 5) is 14.6. The third-order valence-electron chi connectivity index (χ3n) is 3.87. The predicted molar refractivity (Wildman–Crippen MR) is 98.7 cm³/mol. The fourth-order valence-electron chi connectivity index (χ4n) is 2.59. The highest BCUT2D eigenvalue weighted by molar-refractivity contribution is 5.95. The lowest BCUT2D eigenvalue weighted by molar-refractivity contribution is 0.0766. The van der Waals surface area contributed by atoms with E-state index in [1.807, 2.05) is 30.0 Å². The van der Waals surface area contributed by atoms with Gasteiger partial charge in [0.25, 0.3) is 5.91 Å². The van der Waals surface area contributed by atoms with Crippen LogP contribution in [0.3, 0.4) is 0 Å². The van der Waals surface area contributed by atoms with E-state index in [0.717, 1.165) is 51.2 Å². The van der Waals surface area contributed by atoms with Crippen LogP contribution < -0.4 is 14.8 Å². The first-order valence-corrected chi connectivity index (χ1v) is 8.66. The monoisotopic (exact) mass is 356 g/mol. The van der Waals surface area contributed by atoms with E-state index in [9.17, 15) is 4.79 Å². The molecule has 1 fully saturated rings. The van der Waals surface area contributed by atoms with Crippen molar-refractivity contribution in [1.82, 2.24) is 10.2 Å². The van der Waals surface area contributed by atoms with Crippen molar-refractivity contribution in [2.45, 2.75) is 33.1 Å². The van der Waals surface area contributed by atoms with Gasteiger partial charge in [0.05, 0.1) is 13.2 Å². The smallest absolute Gasteiger partial charge is 0.254 e. The Kier molecular flexibility index (Phi) is 9.57.